The van der Waals surface area contributed by atoms with Gasteiger partial charge in [-0.05, 0) is 52.7 Å². The Hall–Kier alpha value is -1.90. The molecule has 0 spiro atoms. The zero-order valence-corrected chi connectivity index (χ0v) is 13.1. The molecule has 0 radical (unpaired) electrons. The molecular weight excluding hydrogens is 336 g/mol. The maximum atomic E-state index is 12.1. The third-order valence-corrected chi connectivity index (χ3v) is 4.21. The van der Waals surface area contributed by atoms with Gasteiger partial charge in [0.05, 0.1) is 3.79 Å². The van der Waals surface area contributed by atoms with Gasteiger partial charge in [0, 0.05) is 10.6 Å². The first kappa shape index (κ1) is 14.5. The van der Waals surface area contributed by atoms with E-state index >= 15 is 0 Å². The molecule has 3 nitrogen and oxygen atoms in total. The number of hydrogen-bond donors (Lipinski definition) is 1. The Morgan fingerprint density at radius 1 is 1.35 bits per heavy atom. The van der Waals surface area contributed by atoms with Crippen LogP contribution in [0.1, 0.15) is 10.4 Å². The first-order valence-corrected chi connectivity index (χ1v) is 7.45. The summed E-state index contributed by atoms with van der Waals surface area (Å²) < 4.78 is 0.959. The van der Waals surface area contributed by atoms with Crippen molar-refractivity contribution in [1.29, 1.82) is 5.26 Å². The third-order valence-electron chi connectivity index (χ3n) is 2.64. The second kappa shape index (κ2) is 6.51. The van der Waals surface area contributed by atoms with Gasteiger partial charge in [-0.25, -0.2) is 0 Å². The number of nitrogens with zero attached hydrogens (tertiary/aromatic N) is 1. The lowest BCUT2D eigenvalue weighted by molar-refractivity contribution is -0.112. The summed E-state index contributed by atoms with van der Waals surface area (Å²) in [6.07, 6.45) is 1.59. The van der Waals surface area contributed by atoms with E-state index in [0.717, 1.165) is 14.2 Å². The zero-order chi connectivity index (χ0) is 14.5. The molecule has 20 heavy (non-hydrogen) atoms. The molecule has 2 aromatic rings. The number of rotatable bonds is 3. The van der Waals surface area contributed by atoms with Crippen LogP contribution in [0.3, 0.4) is 0 Å². The lowest BCUT2D eigenvalue weighted by atomic mass is 10.2. The predicted molar refractivity (Wildman–Crippen MR) is 85.4 cm³/mol. The van der Waals surface area contributed by atoms with Crippen LogP contribution in [0.5, 0.6) is 0 Å². The fourth-order valence-corrected chi connectivity index (χ4v) is 2.97. The standard InChI is InChI=1S/C15H11BrN2OS/c1-10-4-2-3-5-13(10)18-15(19)11(9-17)8-12-6-7-14(16)20-12/h2-8H,1H3,(H,18,19)/b11-8+. The van der Waals surface area contributed by atoms with Crippen molar-refractivity contribution in [3.8, 4) is 6.07 Å². The highest BCUT2D eigenvalue weighted by Crippen LogP contribution is 2.24. The minimum absolute atomic E-state index is 0.0857. The SMILES string of the molecule is Cc1ccccc1NC(=O)/C(C#N)=C/c1ccc(Br)s1. The first-order chi connectivity index (χ1) is 9.60. The summed E-state index contributed by atoms with van der Waals surface area (Å²) in [6, 6.07) is 13.1. The highest BCUT2D eigenvalue weighted by Gasteiger charge is 2.11. The molecule has 0 atom stereocenters. The van der Waals surface area contributed by atoms with Gasteiger partial charge < -0.3 is 5.32 Å². The van der Waals surface area contributed by atoms with Crippen molar-refractivity contribution in [2.75, 3.05) is 5.32 Å². The molecule has 1 N–H and O–H groups in total. The van der Waals surface area contributed by atoms with Gasteiger partial charge in [-0.3, -0.25) is 4.79 Å². The van der Waals surface area contributed by atoms with Gasteiger partial charge in [-0.15, -0.1) is 11.3 Å². The average Bonchev–Trinajstić information content (AvgIpc) is 2.84. The van der Waals surface area contributed by atoms with E-state index in [1.807, 2.05) is 49.4 Å². The Labute approximate surface area is 129 Å². The maximum Gasteiger partial charge on any atom is 0.266 e. The summed E-state index contributed by atoms with van der Waals surface area (Å²) in [6.45, 7) is 1.90. The summed E-state index contributed by atoms with van der Waals surface area (Å²) >= 11 is 4.82. The van der Waals surface area contributed by atoms with Gasteiger partial charge in [-0.2, -0.15) is 5.26 Å². The molecule has 0 bridgehead atoms. The van der Waals surface area contributed by atoms with E-state index in [4.69, 9.17) is 5.26 Å². The molecule has 0 saturated heterocycles. The maximum absolute atomic E-state index is 12.1. The van der Waals surface area contributed by atoms with Crippen molar-refractivity contribution >= 4 is 44.9 Å². The Balaban J connectivity index is 2.21. The largest absolute Gasteiger partial charge is 0.321 e. The highest BCUT2D eigenvalue weighted by molar-refractivity contribution is 9.11. The van der Waals surface area contributed by atoms with Gasteiger partial charge in [0.25, 0.3) is 5.91 Å². The summed E-state index contributed by atoms with van der Waals surface area (Å²) in [4.78, 5) is 13.0. The number of amides is 1. The van der Waals surface area contributed by atoms with Crippen LogP contribution in [0.4, 0.5) is 5.69 Å². The van der Waals surface area contributed by atoms with E-state index in [1.165, 1.54) is 11.3 Å². The quantitative estimate of drug-likeness (QED) is 0.662. The molecule has 100 valence electrons. The molecule has 0 aliphatic heterocycles. The molecule has 1 amide bonds. The molecule has 0 aliphatic rings. The smallest absolute Gasteiger partial charge is 0.266 e. The van der Waals surface area contributed by atoms with E-state index in [0.29, 0.717) is 5.69 Å². The molecule has 2 rings (SSSR count). The van der Waals surface area contributed by atoms with Gasteiger partial charge in [0.15, 0.2) is 0 Å². The van der Waals surface area contributed by atoms with Crippen LogP contribution in [-0.2, 0) is 4.79 Å². The van der Waals surface area contributed by atoms with Gasteiger partial charge in [-0.1, -0.05) is 18.2 Å². The zero-order valence-electron chi connectivity index (χ0n) is 10.7. The Kier molecular flexibility index (Phi) is 4.72. The molecular formula is C15H11BrN2OS. The van der Waals surface area contributed by atoms with Crippen LogP contribution >= 0.6 is 27.3 Å². The number of nitrogens with one attached hydrogen (secondary N) is 1. The molecule has 5 heteroatoms. The number of para-hydroxylation sites is 1. The first-order valence-electron chi connectivity index (χ1n) is 5.84. The van der Waals surface area contributed by atoms with E-state index in [2.05, 4.69) is 21.2 Å². The molecule has 0 aliphatic carbocycles. The Bertz CT molecular complexity index is 713. The van der Waals surface area contributed by atoms with E-state index in [1.54, 1.807) is 6.08 Å². The van der Waals surface area contributed by atoms with Crippen molar-refractivity contribution in [2.24, 2.45) is 0 Å². The minimum atomic E-state index is -0.397. The topological polar surface area (TPSA) is 52.9 Å². The summed E-state index contributed by atoms with van der Waals surface area (Å²) in [5.74, 6) is -0.397. The second-order valence-electron chi connectivity index (χ2n) is 4.08. The van der Waals surface area contributed by atoms with Crippen molar-refractivity contribution in [1.82, 2.24) is 0 Å². The highest BCUT2D eigenvalue weighted by atomic mass is 79.9. The molecule has 0 saturated carbocycles. The number of anilines is 1. The summed E-state index contributed by atoms with van der Waals surface area (Å²) in [5, 5.41) is 11.9. The van der Waals surface area contributed by atoms with E-state index < -0.39 is 5.91 Å². The molecule has 1 aromatic heterocycles. The molecule has 0 unspecified atom stereocenters. The number of thiophene rings is 1. The van der Waals surface area contributed by atoms with Gasteiger partial charge >= 0.3 is 0 Å². The van der Waals surface area contributed by atoms with E-state index in [-0.39, 0.29) is 5.57 Å². The monoisotopic (exact) mass is 346 g/mol. The fourth-order valence-electron chi connectivity index (χ4n) is 1.60. The van der Waals surface area contributed by atoms with Crippen LogP contribution in [0.15, 0.2) is 45.8 Å². The third kappa shape index (κ3) is 3.56. The molecule has 1 aromatic carbocycles. The van der Waals surface area contributed by atoms with Gasteiger partial charge in [0.1, 0.15) is 11.6 Å². The molecule has 1 heterocycles. The normalized spacial score (nSPS) is 10.9. The summed E-state index contributed by atoms with van der Waals surface area (Å²) in [7, 11) is 0. The number of hydrogen-bond acceptors (Lipinski definition) is 3. The van der Waals surface area contributed by atoms with Crippen molar-refractivity contribution in [3.05, 3.63) is 56.2 Å². The Morgan fingerprint density at radius 3 is 2.70 bits per heavy atom. The van der Waals surface area contributed by atoms with Crippen LogP contribution < -0.4 is 5.32 Å². The second-order valence-corrected chi connectivity index (χ2v) is 6.58. The van der Waals surface area contributed by atoms with Crippen LogP contribution in [0.25, 0.3) is 6.08 Å². The van der Waals surface area contributed by atoms with Crippen LogP contribution in [-0.4, -0.2) is 5.91 Å². The number of aryl methyl sites for hydroxylation is 1. The number of carbonyl (C=O) groups excluding carboxylic acids is 1. The van der Waals surface area contributed by atoms with Crippen LogP contribution in [0.2, 0.25) is 0 Å². The van der Waals surface area contributed by atoms with Crippen molar-refractivity contribution < 1.29 is 4.79 Å². The van der Waals surface area contributed by atoms with E-state index in [9.17, 15) is 4.79 Å². The van der Waals surface area contributed by atoms with Crippen molar-refractivity contribution in [2.45, 2.75) is 6.92 Å². The summed E-state index contributed by atoms with van der Waals surface area (Å²) in [5.41, 5.74) is 1.76. The average molecular weight is 347 g/mol. The number of carbonyl (C=O) groups is 1. The van der Waals surface area contributed by atoms with Gasteiger partial charge in [0.2, 0.25) is 0 Å². The van der Waals surface area contributed by atoms with Crippen LogP contribution in [0, 0.1) is 18.3 Å². The fraction of sp³-hybridized carbons (Fsp3) is 0.0667. The number of benzene rings is 1. The minimum Gasteiger partial charge on any atom is -0.321 e. The lowest BCUT2D eigenvalue weighted by Crippen LogP contribution is -2.14. The number of halogens is 1. The Morgan fingerprint density at radius 2 is 2.10 bits per heavy atom. The predicted octanol–water partition coefficient (Wildman–Crippen LogP) is 4.36. The molecule has 0 fully saturated rings. The lowest BCUT2D eigenvalue weighted by Gasteiger charge is -2.06. The van der Waals surface area contributed by atoms with Crippen molar-refractivity contribution in [3.63, 3.8) is 0 Å². The number of nitriles is 1.